The Morgan fingerprint density at radius 2 is 1.67 bits per heavy atom. The summed E-state index contributed by atoms with van der Waals surface area (Å²) in [5.41, 5.74) is 0. The van der Waals surface area contributed by atoms with Gasteiger partial charge in [0.2, 0.25) is 0 Å². The number of hydrogen-bond donors (Lipinski definition) is 1. The predicted octanol–water partition coefficient (Wildman–Crippen LogP) is 2.62. The molecule has 1 aliphatic rings. The fraction of sp³-hybridized carbons (Fsp3) is 1.00. The lowest BCUT2D eigenvalue weighted by molar-refractivity contribution is 0.263. The Kier molecular flexibility index (Phi) is 7.23. The molecule has 0 spiro atoms. The van der Waals surface area contributed by atoms with Crippen molar-refractivity contribution < 1.29 is 8.42 Å². The van der Waals surface area contributed by atoms with E-state index >= 15 is 0 Å². The summed E-state index contributed by atoms with van der Waals surface area (Å²) in [6.45, 7) is 5.92. The van der Waals surface area contributed by atoms with Gasteiger partial charge in [0.15, 0.2) is 0 Å². The molecule has 4 heteroatoms. The van der Waals surface area contributed by atoms with Gasteiger partial charge in [0, 0.05) is 5.75 Å². The molecule has 1 N–H and O–H groups in total. The van der Waals surface area contributed by atoms with Gasteiger partial charge < -0.3 is 5.32 Å². The molecule has 0 saturated heterocycles. The van der Waals surface area contributed by atoms with Crippen LogP contribution in [0.15, 0.2) is 0 Å². The van der Waals surface area contributed by atoms with Crippen LogP contribution in [0.3, 0.4) is 0 Å². The summed E-state index contributed by atoms with van der Waals surface area (Å²) in [6.07, 6.45) is 7.53. The van der Waals surface area contributed by atoms with E-state index in [0.29, 0.717) is 5.75 Å². The zero-order chi connectivity index (χ0) is 13.4. The summed E-state index contributed by atoms with van der Waals surface area (Å²) in [7, 11) is -2.78. The molecule has 18 heavy (non-hydrogen) atoms. The molecule has 0 aliphatic heterocycles. The van der Waals surface area contributed by atoms with E-state index in [2.05, 4.69) is 12.2 Å². The first-order chi connectivity index (χ1) is 8.57. The van der Waals surface area contributed by atoms with Crippen molar-refractivity contribution in [2.24, 2.45) is 11.8 Å². The third-order valence-corrected chi connectivity index (χ3v) is 6.02. The maximum Gasteiger partial charge on any atom is 0.150 e. The van der Waals surface area contributed by atoms with Crippen LogP contribution in [0.1, 0.15) is 52.4 Å². The van der Waals surface area contributed by atoms with E-state index in [1.54, 1.807) is 6.92 Å². The fourth-order valence-electron chi connectivity index (χ4n) is 2.71. The van der Waals surface area contributed by atoms with E-state index in [1.165, 1.54) is 32.1 Å². The van der Waals surface area contributed by atoms with Crippen molar-refractivity contribution in [2.45, 2.75) is 52.4 Å². The Labute approximate surface area is 113 Å². The van der Waals surface area contributed by atoms with Gasteiger partial charge in [-0.25, -0.2) is 8.42 Å². The molecule has 0 aromatic heterocycles. The normalized spacial score (nSPS) is 25.2. The van der Waals surface area contributed by atoms with Gasteiger partial charge in [-0.15, -0.1) is 0 Å². The lowest BCUT2D eigenvalue weighted by atomic mass is 9.81. The lowest BCUT2D eigenvalue weighted by Crippen LogP contribution is -2.28. The Bertz CT molecular complexity index is 306. The van der Waals surface area contributed by atoms with Crippen LogP contribution < -0.4 is 5.32 Å². The van der Waals surface area contributed by atoms with Crippen LogP contribution in [0.2, 0.25) is 0 Å². The van der Waals surface area contributed by atoms with Crippen molar-refractivity contribution in [1.29, 1.82) is 0 Å². The molecule has 1 fully saturated rings. The van der Waals surface area contributed by atoms with Crippen LogP contribution in [-0.2, 0) is 9.84 Å². The minimum atomic E-state index is -2.78. The van der Waals surface area contributed by atoms with Crippen molar-refractivity contribution >= 4 is 9.84 Å². The summed E-state index contributed by atoms with van der Waals surface area (Å²) in [4.78, 5) is 0. The van der Waals surface area contributed by atoms with Crippen molar-refractivity contribution in [3.63, 3.8) is 0 Å². The first kappa shape index (κ1) is 16.0. The SMILES string of the molecule is CCC1CCC(CNCCCS(=O)(=O)CC)CC1. The average Bonchev–Trinajstić information content (AvgIpc) is 2.39. The molecule has 0 heterocycles. The molecule has 1 rings (SSSR count). The van der Waals surface area contributed by atoms with Gasteiger partial charge in [-0.1, -0.05) is 33.1 Å². The summed E-state index contributed by atoms with van der Waals surface area (Å²) in [5.74, 6) is 2.37. The fourth-order valence-corrected chi connectivity index (χ4v) is 3.58. The molecule has 0 radical (unpaired) electrons. The van der Waals surface area contributed by atoms with Crippen LogP contribution in [0, 0.1) is 11.8 Å². The number of hydrogen-bond acceptors (Lipinski definition) is 3. The van der Waals surface area contributed by atoms with Gasteiger partial charge in [-0.3, -0.25) is 0 Å². The number of nitrogens with one attached hydrogen (secondary N) is 1. The van der Waals surface area contributed by atoms with Crippen LogP contribution >= 0.6 is 0 Å². The third-order valence-electron chi connectivity index (χ3n) is 4.23. The highest BCUT2D eigenvalue weighted by Gasteiger charge is 2.19. The zero-order valence-electron chi connectivity index (χ0n) is 12.0. The molecule has 1 saturated carbocycles. The van der Waals surface area contributed by atoms with Crippen molar-refractivity contribution in [3.8, 4) is 0 Å². The molecular formula is C14H29NO2S. The first-order valence-corrected chi connectivity index (χ1v) is 9.30. The second-order valence-corrected chi connectivity index (χ2v) is 8.06. The quantitative estimate of drug-likeness (QED) is 0.693. The number of sulfone groups is 1. The first-order valence-electron chi connectivity index (χ1n) is 7.48. The summed E-state index contributed by atoms with van der Waals surface area (Å²) in [5, 5.41) is 3.42. The molecule has 108 valence electrons. The highest BCUT2D eigenvalue weighted by Crippen LogP contribution is 2.29. The molecule has 0 aromatic carbocycles. The van der Waals surface area contributed by atoms with Crippen LogP contribution in [0.5, 0.6) is 0 Å². The van der Waals surface area contributed by atoms with E-state index < -0.39 is 9.84 Å². The predicted molar refractivity (Wildman–Crippen MR) is 77.6 cm³/mol. The molecule has 3 nitrogen and oxygen atoms in total. The topological polar surface area (TPSA) is 46.2 Å². The Morgan fingerprint density at radius 1 is 1.06 bits per heavy atom. The van der Waals surface area contributed by atoms with Crippen molar-refractivity contribution in [2.75, 3.05) is 24.6 Å². The minimum Gasteiger partial charge on any atom is -0.316 e. The van der Waals surface area contributed by atoms with E-state index in [0.717, 1.165) is 31.3 Å². The van der Waals surface area contributed by atoms with E-state index in [9.17, 15) is 8.42 Å². The monoisotopic (exact) mass is 275 g/mol. The van der Waals surface area contributed by atoms with Crippen molar-refractivity contribution in [3.05, 3.63) is 0 Å². The highest BCUT2D eigenvalue weighted by atomic mass is 32.2. The molecule has 1 aliphatic carbocycles. The molecule has 0 amide bonds. The van der Waals surface area contributed by atoms with Gasteiger partial charge >= 0.3 is 0 Å². The number of rotatable bonds is 8. The average molecular weight is 275 g/mol. The lowest BCUT2D eigenvalue weighted by Gasteiger charge is -2.27. The standard InChI is InChI=1S/C14H29NO2S/c1-3-13-6-8-14(9-7-13)12-15-10-5-11-18(16,17)4-2/h13-15H,3-12H2,1-2H3. The van der Waals surface area contributed by atoms with E-state index in [4.69, 9.17) is 0 Å². The van der Waals surface area contributed by atoms with Gasteiger partial charge in [-0.05, 0) is 44.2 Å². The maximum absolute atomic E-state index is 11.3. The van der Waals surface area contributed by atoms with Crippen LogP contribution in [0.4, 0.5) is 0 Å². The second kappa shape index (κ2) is 8.16. The van der Waals surface area contributed by atoms with Gasteiger partial charge in [-0.2, -0.15) is 0 Å². The summed E-state index contributed by atoms with van der Waals surface area (Å²) < 4.78 is 22.6. The maximum atomic E-state index is 11.3. The highest BCUT2D eigenvalue weighted by molar-refractivity contribution is 7.91. The summed E-state index contributed by atoms with van der Waals surface area (Å²) >= 11 is 0. The third kappa shape index (κ3) is 6.19. The molecule has 0 unspecified atom stereocenters. The molecular weight excluding hydrogens is 246 g/mol. The second-order valence-electron chi connectivity index (χ2n) is 5.59. The zero-order valence-corrected chi connectivity index (χ0v) is 12.8. The van der Waals surface area contributed by atoms with Crippen molar-refractivity contribution in [1.82, 2.24) is 5.32 Å². The van der Waals surface area contributed by atoms with Crippen LogP contribution in [0.25, 0.3) is 0 Å². The smallest absolute Gasteiger partial charge is 0.150 e. The summed E-state index contributed by atoms with van der Waals surface area (Å²) in [6, 6.07) is 0. The Balaban J connectivity index is 2.02. The molecule has 0 aromatic rings. The minimum absolute atomic E-state index is 0.272. The molecule has 0 atom stereocenters. The van der Waals surface area contributed by atoms with E-state index in [1.807, 2.05) is 0 Å². The Morgan fingerprint density at radius 3 is 2.22 bits per heavy atom. The van der Waals surface area contributed by atoms with E-state index in [-0.39, 0.29) is 5.75 Å². The largest absolute Gasteiger partial charge is 0.316 e. The molecule has 0 bridgehead atoms. The van der Waals surface area contributed by atoms with Gasteiger partial charge in [0.1, 0.15) is 9.84 Å². The van der Waals surface area contributed by atoms with Gasteiger partial charge in [0.05, 0.1) is 5.75 Å². The van der Waals surface area contributed by atoms with Crippen LogP contribution in [-0.4, -0.2) is 33.0 Å². The Hall–Kier alpha value is -0.0900. The van der Waals surface area contributed by atoms with Gasteiger partial charge in [0.25, 0.3) is 0 Å².